The molecule has 0 aliphatic carbocycles. The molecular weight excluding hydrogens is 456 g/mol. The molecular formula is C13H12Br2N2O3S2. The minimum atomic E-state index is -3.85. The molecule has 2 N–H and O–H groups in total. The summed E-state index contributed by atoms with van der Waals surface area (Å²) in [5.74, 6) is -0.290. The van der Waals surface area contributed by atoms with E-state index in [-0.39, 0.29) is 16.4 Å². The summed E-state index contributed by atoms with van der Waals surface area (Å²) >= 11 is 8.17. The third-order valence-corrected chi connectivity index (χ3v) is 6.14. The molecule has 0 unspecified atom stereocenters. The van der Waals surface area contributed by atoms with Gasteiger partial charge in [-0.1, -0.05) is 0 Å². The fourth-order valence-electron chi connectivity index (χ4n) is 1.79. The van der Waals surface area contributed by atoms with Gasteiger partial charge in [0.05, 0.1) is 17.0 Å². The summed E-state index contributed by atoms with van der Waals surface area (Å²) < 4.78 is 24.3. The van der Waals surface area contributed by atoms with E-state index in [1.165, 1.54) is 34.4 Å². The molecule has 5 nitrogen and oxygen atoms in total. The van der Waals surface area contributed by atoms with Crippen molar-refractivity contribution in [1.29, 1.82) is 0 Å². The van der Waals surface area contributed by atoms with Crippen molar-refractivity contribution in [2.75, 3.05) is 7.05 Å². The smallest absolute Gasteiger partial charge is 0.255 e. The second-order valence-corrected chi connectivity index (χ2v) is 8.91. The summed E-state index contributed by atoms with van der Waals surface area (Å²) in [4.78, 5) is 15.0. The maximum Gasteiger partial charge on any atom is 0.255 e. The van der Waals surface area contributed by atoms with Crippen LogP contribution in [0.2, 0.25) is 0 Å². The standard InChI is InChI=1S/C13H12Br2N2O3S2/c1-17(6-9-4-8(14)7-21-9)13(18)11-5-10(22(16,19)20)2-3-12(11)15/h2-5,7H,6H2,1H3,(H2,16,19,20). The lowest BCUT2D eigenvalue weighted by atomic mass is 10.2. The third kappa shape index (κ3) is 4.17. The van der Waals surface area contributed by atoms with E-state index in [0.29, 0.717) is 11.0 Å². The lowest BCUT2D eigenvalue weighted by molar-refractivity contribution is 0.0785. The molecule has 0 aliphatic rings. The molecule has 0 radical (unpaired) electrons. The van der Waals surface area contributed by atoms with Crippen LogP contribution in [0, 0.1) is 0 Å². The molecule has 0 bridgehead atoms. The van der Waals surface area contributed by atoms with Crippen molar-refractivity contribution in [3.8, 4) is 0 Å². The Balaban J connectivity index is 2.28. The molecule has 22 heavy (non-hydrogen) atoms. The molecule has 1 heterocycles. The van der Waals surface area contributed by atoms with Gasteiger partial charge in [0.15, 0.2) is 0 Å². The number of rotatable bonds is 4. The van der Waals surface area contributed by atoms with Crippen LogP contribution in [0.1, 0.15) is 15.2 Å². The summed E-state index contributed by atoms with van der Waals surface area (Å²) in [5.41, 5.74) is 0.254. The van der Waals surface area contributed by atoms with Crippen LogP contribution < -0.4 is 5.14 Å². The zero-order valence-electron chi connectivity index (χ0n) is 11.4. The minimum absolute atomic E-state index is 0.0914. The van der Waals surface area contributed by atoms with Crippen LogP contribution >= 0.6 is 43.2 Å². The van der Waals surface area contributed by atoms with Crippen LogP contribution in [0.25, 0.3) is 0 Å². The third-order valence-electron chi connectivity index (χ3n) is 2.86. The van der Waals surface area contributed by atoms with Crippen molar-refractivity contribution in [2.24, 2.45) is 5.14 Å². The second-order valence-electron chi connectivity index (χ2n) is 4.58. The molecule has 0 spiro atoms. The van der Waals surface area contributed by atoms with Crippen molar-refractivity contribution in [1.82, 2.24) is 4.90 Å². The molecule has 1 aromatic heterocycles. The van der Waals surface area contributed by atoms with Gasteiger partial charge < -0.3 is 4.90 Å². The van der Waals surface area contributed by atoms with E-state index in [2.05, 4.69) is 31.9 Å². The Kier molecular flexibility index (Phi) is 5.44. The molecule has 0 saturated carbocycles. The normalized spacial score (nSPS) is 11.5. The van der Waals surface area contributed by atoms with Crippen LogP contribution in [0.15, 0.2) is 43.5 Å². The number of hydrogen-bond donors (Lipinski definition) is 1. The molecule has 2 aromatic rings. The summed E-state index contributed by atoms with van der Waals surface area (Å²) in [7, 11) is -2.19. The first-order chi connectivity index (χ1) is 10.2. The zero-order chi connectivity index (χ0) is 16.5. The largest absolute Gasteiger partial charge is 0.337 e. The van der Waals surface area contributed by atoms with Crippen molar-refractivity contribution >= 4 is 59.1 Å². The van der Waals surface area contributed by atoms with E-state index in [1.807, 2.05) is 11.4 Å². The van der Waals surface area contributed by atoms with Crippen LogP contribution in [0.4, 0.5) is 0 Å². The number of benzene rings is 1. The Hall–Kier alpha value is -0.740. The van der Waals surface area contributed by atoms with Gasteiger partial charge in [0.2, 0.25) is 10.0 Å². The number of nitrogens with two attached hydrogens (primary N) is 1. The van der Waals surface area contributed by atoms with E-state index in [9.17, 15) is 13.2 Å². The van der Waals surface area contributed by atoms with E-state index in [0.717, 1.165) is 9.35 Å². The Labute approximate surface area is 149 Å². The van der Waals surface area contributed by atoms with Gasteiger partial charge >= 0.3 is 0 Å². The van der Waals surface area contributed by atoms with Gasteiger partial charge in [-0.15, -0.1) is 11.3 Å². The number of amides is 1. The Morgan fingerprint density at radius 2 is 2.00 bits per heavy atom. The van der Waals surface area contributed by atoms with Gasteiger partial charge in [0, 0.05) is 26.3 Å². The average molecular weight is 468 g/mol. The first kappa shape index (κ1) is 17.6. The maximum absolute atomic E-state index is 12.5. The lowest BCUT2D eigenvalue weighted by Gasteiger charge is -2.17. The molecule has 0 saturated heterocycles. The predicted molar refractivity (Wildman–Crippen MR) is 93.3 cm³/mol. The number of carbonyl (C=O) groups excluding carboxylic acids is 1. The molecule has 9 heteroatoms. The van der Waals surface area contributed by atoms with Gasteiger partial charge in [-0.05, 0) is 56.1 Å². The summed E-state index contributed by atoms with van der Waals surface area (Å²) in [6.45, 7) is 0.432. The first-order valence-corrected chi connectivity index (χ1v) is 10.0. The molecule has 118 valence electrons. The molecule has 2 rings (SSSR count). The highest BCUT2D eigenvalue weighted by Gasteiger charge is 2.19. The number of hydrogen-bond acceptors (Lipinski definition) is 4. The van der Waals surface area contributed by atoms with E-state index < -0.39 is 10.0 Å². The van der Waals surface area contributed by atoms with Crippen LogP contribution in [-0.4, -0.2) is 26.3 Å². The summed E-state index contributed by atoms with van der Waals surface area (Å²) in [5, 5.41) is 7.04. The average Bonchev–Trinajstić information content (AvgIpc) is 2.82. The highest BCUT2D eigenvalue weighted by atomic mass is 79.9. The fourth-order valence-corrected chi connectivity index (χ4v) is 4.25. The number of thiophene rings is 1. The second kappa shape index (κ2) is 6.79. The predicted octanol–water partition coefficient (Wildman–Crippen LogP) is 3.19. The van der Waals surface area contributed by atoms with Gasteiger partial charge in [-0.3, -0.25) is 4.79 Å². The lowest BCUT2D eigenvalue weighted by Crippen LogP contribution is -2.26. The first-order valence-electron chi connectivity index (χ1n) is 5.99. The minimum Gasteiger partial charge on any atom is -0.337 e. The summed E-state index contributed by atoms with van der Waals surface area (Å²) in [6.07, 6.45) is 0. The Morgan fingerprint density at radius 1 is 1.32 bits per heavy atom. The molecule has 0 aliphatic heterocycles. The van der Waals surface area contributed by atoms with E-state index in [1.54, 1.807) is 7.05 Å². The molecule has 0 atom stereocenters. The van der Waals surface area contributed by atoms with Crippen molar-refractivity contribution in [3.05, 3.63) is 49.0 Å². The van der Waals surface area contributed by atoms with Crippen LogP contribution in [-0.2, 0) is 16.6 Å². The van der Waals surface area contributed by atoms with Crippen LogP contribution in [0.3, 0.4) is 0 Å². The highest BCUT2D eigenvalue weighted by molar-refractivity contribution is 9.10. The Morgan fingerprint density at radius 3 is 2.55 bits per heavy atom. The molecule has 0 fully saturated rings. The van der Waals surface area contributed by atoms with Gasteiger partial charge in [-0.25, -0.2) is 13.6 Å². The quantitative estimate of drug-likeness (QED) is 0.749. The number of primary sulfonamides is 1. The van der Waals surface area contributed by atoms with Crippen molar-refractivity contribution < 1.29 is 13.2 Å². The topological polar surface area (TPSA) is 80.5 Å². The van der Waals surface area contributed by atoms with E-state index >= 15 is 0 Å². The molecule has 1 amide bonds. The summed E-state index contributed by atoms with van der Waals surface area (Å²) in [6, 6.07) is 6.07. The van der Waals surface area contributed by atoms with Crippen molar-refractivity contribution in [2.45, 2.75) is 11.4 Å². The molecule has 1 aromatic carbocycles. The SMILES string of the molecule is CN(Cc1cc(Br)cs1)C(=O)c1cc(S(N)(=O)=O)ccc1Br. The number of halogens is 2. The van der Waals surface area contributed by atoms with Gasteiger partial charge in [0.1, 0.15) is 0 Å². The van der Waals surface area contributed by atoms with Gasteiger partial charge in [0.25, 0.3) is 5.91 Å². The highest BCUT2D eigenvalue weighted by Crippen LogP contribution is 2.24. The van der Waals surface area contributed by atoms with Crippen LogP contribution in [0.5, 0.6) is 0 Å². The maximum atomic E-state index is 12.5. The zero-order valence-corrected chi connectivity index (χ0v) is 16.2. The fraction of sp³-hybridized carbons (Fsp3) is 0.154. The van der Waals surface area contributed by atoms with Gasteiger partial charge in [-0.2, -0.15) is 0 Å². The Bertz CT molecular complexity index is 818. The van der Waals surface area contributed by atoms with E-state index in [4.69, 9.17) is 5.14 Å². The number of carbonyl (C=O) groups is 1. The monoisotopic (exact) mass is 466 g/mol. The van der Waals surface area contributed by atoms with Crippen molar-refractivity contribution in [3.63, 3.8) is 0 Å². The number of nitrogens with zero attached hydrogens (tertiary/aromatic N) is 1. The number of sulfonamides is 1.